The van der Waals surface area contributed by atoms with Gasteiger partial charge in [0.05, 0.1) is 0 Å². The predicted molar refractivity (Wildman–Crippen MR) is 77.6 cm³/mol. The minimum absolute atomic E-state index is 0.0329. The lowest BCUT2D eigenvalue weighted by molar-refractivity contribution is 0.0725. The van der Waals surface area contributed by atoms with Crippen LogP contribution in [0.5, 0.6) is 11.5 Å². The standard InChI is InChI=1S/C16H23NO2/c1-11(2)7-8-18-12-5-6-13-14(17)10-16(3,4)19-15(13)9-12/h5-7,9,14H,8,10,17H2,1-4H3. The summed E-state index contributed by atoms with van der Waals surface area (Å²) >= 11 is 0. The molecule has 0 amide bonds. The van der Waals surface area contributed by atoms with Crippen molar-refractivity contribution in [1.29, 1.82) is 0 Å². The minimum Gasteiger partial charge on any atom is -0.489 e. The molecule has 3 heteroatoms. The Morgan fingerprint density at radius 2 is 2.21 bits per heavy atom. The minimum atomic E-state index is -0.217. The zero-order valence-corrected chi connectivity index (χ0v) is 12.2. The van der Waals surface area contributed by atoms with Crippen LogP contribution in [0.1, 0.15) is 45.7 Å². The van der Waals surface area contributed by atoms with E-state index in [0.29, 0.717) is 6.61 Å². The molecule has 1 unspecified atom stereocenters. The first-order valence-corrected chi connectivity index (χ1v) is 6.72. The summed E-state index contributed by atoms with van der Waals surface area (Å²) in [5.74, 6) is 1.67. The number of rotatable bonds is 3. The fourth-order valence-corrected chi connectivity index (χ4v) is 2.28. The van der Waals surface area contributed by atoms with E-state index in [0.717, 1.165) is 23.5 Å². The van der Waals surface area contributed by atoms with Crippen LogP contribution in [0.25, 0.3) is 0 Å². The van der Waals surface area contributed by atoms with Crippen molar-refractivity contribution < 1.29 is 9.47 Å². The zero-order chi connectivity index (χ0) is 14.0. The van der Waals surface area contributed by atoms with E-state index in [9.17, 15) is 0 Å². The largest absolute Gasteiger partial charge is 0.489 e. The average Bonchev–Trinajstić information content (AvgIpc) is 2.26. The van der Waals surface area contributed by atoms with Crippen molar-refractivity contribution in [3.05, 3.63) is 35.4 Å². The summed E-state index contributed by atoms with van der Waals surface area (Å²) in [5, 5.41) is 0. The Morgan fingerprint density at radius 3 is 2.89 bits per heavy atom. The van der Waals surface area contributed by atoms with Crippen molar-refractivity contribution in [2.45, 2.75) is 45.8 Å². The topological polar surface area (TPSA) is 44.5 Å². The Kier molecular flexibility index (Phi) is 3.85. The highest BCUT2D eigenvalue weighted by atomic mass is 16.5. The maximum absolute atomic E-state index is 6.18. The quantitative estimate of drug-likeness (QED) is 0.846. The molecule has 0 saturated carbocycles. The smallest absolute Gasteiger partial charge is 0.128 e. The molecule has 3 nitrogen and oxygen atoms in total. The van der Waals surface area contributed by atoms with Crippen LogP contribution in [-0.4, -0.2) is 12.2 Å². The summed E-state index contributed by atoms with van der Waals surface area (Å²) in [4.78, 5) is 0. The first kappa shape index (κ1) is 13.9. The van der Waals surface area contributed by atoms with Gasteiger partial charge in [-0.3, -0.25) is 0 Å². The van der Waals surface area contributed by atoms with Crippen molar-refractivity contribution in [2.75, 3.05) is 6.61 Å². The number of nitrogens with two attached hydrogens (primary N) is 1. The molecule has 1 heterocycles. The lowest BCUT2D eigenvalue weighted by Crippen LogP contribution is -2.37. The summed E-state index contributed by atoms with van der Waals surface area (Å²) in [6, 6.07) is 5.94. The molecule has 0 fully saturated rings. The lowest BCUT2D eigenvalue weighted by Gasteiger charge is -2.36. The molecule has 0 saturated heterocycles. The highest BCUT2D eigenvalue weighted by Crippen LogP contribution is 2.39. The van der Waals surface area contributed by atoms with Gasteiger partial charge in [0.2, 0.25) is 0 Å². The van der Waals surface area contributed by atoms with E-state index in [-0.39, 0.29) is 11.6 Å². The number of fused-ring (bicyclic) bond motifs is 1. The van der Waals surface area contributed by atoms with Gasteiger partial charge in [-0.15, -0.1) is 0 Å². The van der Waals surface area contributed by atoms with Crippen molar-refractivity contribution in [1.82, 2.24) is 0 Å². The third kappa shape index (κ3) is 3.51. The number of allylic oxidation sites excluding steroid dienone is 1. The van der Waals surface area contributed by atoms with E-state index in [4.69, 9.17) is 15.2 Å². The molecular formula is C16H23NO2. The molecule has 1 atom stereocenters. The molecule has 1 aliphatic heterocycles. The van der Waals surface area contributed by atoms with Crippen LogP contribution in [0, 0.1) is 0 Å². The molecule has 0 radical (unpaired) electrons. The first-order valence-electron chi connectivity index (χ1n) is 6.72. The van der Waals surface area contributed by atoms with Gasteiger partial charge in [-0.2, -0.15) is 0 Å². The SMILES string of the molecule is CC(C)=CCOc1ccc2c(c1)OC(C)(C)CC2N. The van der Waals surface area contributed by atoms with Crippen LogP contribution in [0.4, 0.5) is 0 Å². The van der Waals surface area contributed by atoms with Gasteiger partial charge in [0.1, 0.15) is 23.7 Å². The molecule has 1 aromatic rings. The van der Waals surface area contributed by atoms with Gasteiger partial charge in [-0.25, -0.2) is 0 Å². The third-order valence-electron chi connectivity index (χ3n) is 3.22. The van der Waals surface area contributed by atoms with Crippen LogP contribution in [0.15, 0.2) is 29.8 Å². The van der Waals surface area contributed by atoms with E-state index < -0.39 is 0 Å². The molecular weight excluding hydrogens is 238 g/mol. The van der Waals surface area contributed by atoms with Gasteiger partial charge in [0.15, 0.2) is 0 Å². The van der Waals surface area contributed by atoms with Crippen molar-refractivity contribution in [3.8, 4) is 11.5 Å². The summed E-state index contributed by atoms with van der Waals surface area (Å²) in [6.07, 6.45) is 2.88. The van der Waals surface area contributed by atoms with Gasteiger partial charge in [-0.1, -0.05) is 11.6 Å². The second kappa shape index (κ2) is 5.25. The van der Waals surface area contributed by atoms with Gasteiger partial charge in [0, 0.05) is 24.1 Å². The van der Waals surface area contributed by atoms with E-state index in [1.165, 1.54) is 5.57 Å². The number of hydrogen-bond acceptors (Lipinski definition) is 3. The van der Waals surface area contributed by atoms with E-state index in [1.807, 2.05) is 18.2 Å². The molecule has 19 heavy (non-hydrogen) atoms. The second-order valence-electron chi connectivity index (χ2n) is 5.96. The fraction of sp³-hybridized carbons (Fsp3) is 0.500. The van der Waals surface area contributed by atoms with Crippen LogP contribution in [0.2, 0.25) is 0 Å². The average molecular weight is 261 g/mol. The van der Waals surface area contributed by atoms with Crippen LogP contribution >= 0.6 is 0 Å². The summed E-state index contributed by atoms with van der Waals surface area (Å²) in [6.45, 7) is 8.82. The normalized spacial score (nSPS) is 20.2. The molecule has 2 rings (SSSR count). The Labute approximate surface area is 115 Å². The maximum atomic E-state index is 6.18. The van der Waals surface area contributed by atoms with E-state index in [2.05, 4.69) is 33.8 Å². The Morgan fingerprint density at radius 1 is 1.47 bits per heavy atom. The van der Waals surface area contributed by atoms with Gasteiger partial charge in [0.25, 0.3) is 0 Å². The highest BCUT2D eigenvalue weighted by Gasteiger charge is 2.31. The predicted octanol–water partition coefficient (Wildman–Crippen LogP) is 3.59. The van der Waals surface area contributed by atoms with Crippen LogP contribution < -0.4 is 15.2 Å². The Hall–Kier alpha value is -1.48. The zero-order valence-electron chi connectivity index (χ0n) is 12.2. The van der Waals surface area contributed by atoms with E-state index >= 15 is 0 Å². The molecule has 0 aliphatic carbocycles. The molecule has 0 aromatic heterocycles. The Balaban J connectivity index is 2.16. The summed E-state index contributed by atoms with van der Waals surface area (Å²) < 4.78 is 11.7. The van der Waals surface area contributed by atoms with Crippen molar-refractivity contribution in [3.63, 3.8) is 0 Å². The van der Waals surface area contributed by atoms with Crippen molar-refractivity contribution in [2.24, 2.45) is 5.73 Å². The van der Waals surface area contributed by atoms with Crippen molar-refractivity contribution >= 4 is 0 Å². The molecule has 1 aromatic carbocycles. The van der Waals surface area contributed by atoms with Crippen LogP contribution in [-0.2, 0) is 0 Å². The molecule has 2 N–H and O–H groups in total. The third-order valence-corrected chi connectivity index (χ3v) is 3.22. The molecule has 104 valence electrons. The monoisotopic (exact) mass is 261 g/mol. The molecule has 0 bridgehead atoms. The molecule has 1 aliphatic rings. The van der Waals surface area contributed by atoms with Crippen LogP contribution in [0.3, 0.4) is 0 Å². The number of hydrogen-bond donors (Lipinski definition) is 1. The van der Waals surface area contributed by atoms with Gasteiger partial charge >= 0.3 is 0 Å². The molecule has 0 spiro atoms. The Bertz CT molecular complexity index is 488. The summed E-state index contributed by atoms with van der Waals surface area (Å²) in [7, 11) is 0. The maximum Gasteiger partial charge on any atom is 0.128 e. The fourth-order valence-electron chi connectivity index (χ4n) is 2.28. The second-order valence-corrected chi connectivity index (χ2v) is 5.96. The van der Waals surface area contributed by atoms with Gasteiger partial charge in [-0.05, 0) is 39.8 Å². The number of ether oxygens (including phenoxy) is 2. The first-order chi connectivity index (χ1) is 8.87. The lowest BCUT2D eigenvalue weighted by atomic mass is 9.90. The van der Waals surface area contributed by atoms with Gasteiger partial charge < -0.3 is 15.2 Å². The highest BCUT2D eigenvalue weighted by molar-refractivity contribution is 5.44. The van der Waals surface area contributed by atoms with E-state index in [1.54, 1.807) is 0 Å². The summed E-state index contributed by atoms with van der Waals surface area (Å²) in [5.41, 5.74) is 8.28. The number of benzene rings is 1.